The van der Waals surface area contributed by atoms with Crippen molar-refractivity contribution in [2.24, 2.45) is 0 Å². The number of rotatable bonds is 6. The first-order valence-electron chi connectivity index (χ1n) is 7.75. The number of fused-ring (bicyclic) bond motifs is 1. The molecule has 2 rings (SSSR count). The highest BCUT2D eigenvalue weighted by atomic mass is 16.5. The molecule has 2 N–H and O–H groups in total. The van der Waals surface area contributed by atoms with Gasteiger partial charge in [-0.1, -0.05) is 6.07 Å². The van der Waals surface area contributed by atoms with Gasteiger partial charge in [0.1, 0.15) is 11.4 Å². The number of carboxylic acids is 1. The van der Waals surface area contributed by atoms with Gasteiger partial charge in [-0.3, -0.25) is 4.79 Å². The average Bonchev–Trinajstić information content (AvgIpc) is 2.44. The molecule has 0 spiro atoms. The number of carbonyl (C=O) groups is 1. The Morgan fingerprint density at radius 3 is 2.91 bits per heavy atom. The summed E-state index contributed by atoms with van der Waals surface area (Å²) in [5, 5.41) is 12.2. The largest absolute Gasteiger partial charge is 0.484 e. The summed E-state index contributed by atoms with van der Waals surface area (Å²) in [4.78, 5) is 12.7. The molecule has 1 aromatic rings. The van der Waals surface area contributed by atoms with Gasteiger partial charge in [-0.25, -0.2) is 0 Å². The summed E-state index contributed by atoms with van der Waals surface area (Å²) in [6, 6.07) is 6.52. The third-order valence-electron chi connectivity index (χ3n) is 4.10. The molecular weight excluding hydrogens is 280 g/mol. The Bertz CT molecular complexity index is 543. The van der Waals surface area contributed by atoms with Crippen LogP contribution in [0.1, 0.15) is 32.8 Å². The molecule has 122 valence electrons. The first-order valence-corrected chi connectivity index (χ1v) is 7.75. The van der Waals surface area contributed by atoms with Crippen LogP contribution in [0.2, 0.25) is 0 Å². The van der Waals surface area contributed by atoms with Crippen LogP contribution in [0.15, 0.2) is 18.2 Å². The Kier molecular flexibility index (Phi) is 4.96. The van der Waals surface area contributed by atoms with Gasteiger partial charge in [-0.2, -0.15) is 0 Å². The van der Waals surface area contributed by atoms with Gasteiger partial charge >= 0.3 is 5.97 Å². The van der Waals surface area contributed by atoms with Gasteiger partial charge < -0.3 is 20.1 Å². The smallest absolute Gasteiger partial charge is 0.304 e. The van der Waals surface area contributed by atoms with Crippen molar-refractivity contribution in [2.75, 3.05) is 25.5 Å². The third kappa shape index (κ3) is 4.37. The van der Waals surface area contributed by atoms with E-state index >= 15 is 0 Å². The summed E-state index contributed by atoms with van der Waals surface area (Å²) < 4.78 is 5.95. The van der Waals surface area contributed by atoms with Crippen molar-refractivity contribution in [1.82, 2.24) is 4.90 Å². The fourth-order valence-corrected chi connectivity index (χ4v) is 2.56. The zero-order valence-corrected chi connectivity index (χ0v) is 13.8. The van der Waals surface area contributed by atoms with Crippen LogP contribution in [-0.4, -0.2) is 47.8 Å². The Morgan fingerprint density at radius 2 is 2.23 bits per heavy atom. The molecule has 1 heterocycles. The van der Waals surface area contributed by atoms with Crippen molar-refractivity contribution < 1.29 is 14.6 Å². The summed E-state index contributed by atoms with van der Waals surface area (Å²) in [5.74, 6) is 0.142. The van der Waals surface area contributed by atoms with Crippen molar-refractivity contribution in [3.63, 3.8) is 0 Å². The lowest BCUT2D eigenvalue weighted by Gasteiger charge is -2.34. The number of nitrogens with one attached hydrogen (secondary N) is 1. The van der Waals surface area contributed by atoms with Crippen molar-refractivity contribution in [3.05, 3.63) is 23.8 Å². The molecule has 1 aromatic carbocycles. The van der Waals surface area contributed by atoms with Crippen LogP contribution in [0.25, 0.3) is 0 Å². The van der Waals surface area contributed by atoms with E-state index in [2.05, 4.69) is 43.1 Å². The van der Waals surface area contributed by atoms with Gasteiger partial charge in [0.2, 0.25) is 0 Å². The topological polar surface area (TPSA) is 61.8 Å². The minimum atomic E-state index is -0.753. The van der Waals surface area contributed by atoms with Crippen LogP contribution in [0.4, 0.5) is 5.69 Å². The molecule has 0 saturated heterocycles. The number of anilines is 1. The number of likely N-dealkylation sites (N-methyl/N-ethyl adjacent to an activating group) is 1. The first kappa shape index (κ1) is 16.6. The number of aliphatic carboxylic acids is 1. The summed E-state index contributed by atoms with van der Waals surface area (Å²) in [6.07, 6.45) is 1.06. The maximum absolute atomic E-state index is 10.6. The van der Waals surface area contributed by atoms with Crippen LogP contribution in [0.5, 0.6) is 5.75 Å². The van der Waals surface area contributed by atoms with E-state index in [9.17, 15) is 4.79 Å². The molecule has 0 saturated carbocycles. The van der Waals surface area contributed by atoms with Crippen LogP contribution < -0.4 is 10.1 Å². The molecule has 22 heavy (non-hydrogen) atoms. The second-order valence-corrected chi connectivity index (χ2v) is 6.72. The van der Waals surface area contributed by atoms with Gasteiger partial charge in [0.25, 0.3) is 0 Å². The fourth-order valence-electron chi connectivity index (χ4n) is 2.56. The highest BCUT2D eigenvalue weighted by molar-refractivity contribution is 5.66. The molecule has 1 atom stereocenters. The van der Waals surface area contributed by atoms with E-state index in [1.165, 1.54) is 5.56 Å². The van der Waals surface area contributed by atoms with Gasteiger partial charge in [-0.05, 0) is 51.9 Å². The van der Waals surface area contributed by atoms with Gasteiger partial charge in [-0.15, -0.1) is 0 Å². The van der Waals surface area contributed by atoms with E-state index in [0.29, 0.717) is 12.6 Å². The van der Waals surface area contributed by atoms with Gasteiger partial charge in [0, 0.05) is 12.6 Å². The number of nitrogens with zero attached hydrogens (tertiary/aromatic N) is 1. The third-order valence-corrected chi connectivity index (χ3v) is 4.10. The molecule has 0 aliphatic carbocycles. The molecule has 0 radical (unpaired) electrons. The average molecular weight is 306 g/mol. The van der Waals surface area contributed by atoms with Crippen molar-refractivity contribution in [1.29, 1.82) is 0 Å². The van der Waals surface area contributed by atoms with Gasteiger partial charge in [0.05, 0.1) is 18.7 Å². The van der Waals surface area contributed by atoms with Crippen LogP contribution in [0.3, 0.4) is 0 Å². The molecule has 5 nitrogen and oxygen atoms in total. The van der Waals surface area contributed by atoms with Crippen LogP contribution >= 0.6 is 0 Å². The monoisotopic (exact) mass is 306 g/mol. The Morgan fingerprint density at radius 1 is 1.50 bits per heavy atom. The Balaban J connectivity index is 1.98. The minimum Gasteiger partial charge on any atom is -0.484 e. The lowest BCUT2D eigenvalue weighted by Crippen LogP contribution is -2.40. The van der Waals surface area contributed by atoms with E-state index in [-0.39, 0.29) is 12.0 Å². The summed E-state index contributed by atoms with van der Waals surface area (Å²) >= 11 is 0. The van der Waals surface area contributed by atoms with Crippen molar-refractivity contribution in [3.8, 4) is 5.75 Å². The molecule has 1 aliphatic rings. The summed E-state index contributed by atoms with van der Waals surface area (Å²) in [5.41, 5.74) is 2.08. The van der Waals surface area contributed by atoms with E-state index < -0.39 is 5.97 Å². The zero-order chi connectivity index (χ0) is 16.3. The maximum atomic E-state index is 10.6. The molecule has 0 fully saturated rings. The highest BCUT2D eigenvalue weighted by Gasteiger charge is 2.26. The predicted molar refractivity (Wildman–Crippen MR) is 87.7 cm³/mol. The van der Waals surface area contributed by atoms with E-state index in [1.54, 1.807) is 0 Å². The Hall–Kier alpha value is -1.75. The molecule has 0 amide bonds. The molecule has 1 unspecified atom stereocenters. The fraction of sp³-hybridized carbons (Fsp3) is 0.588. The number of hydrogen-bond donors (Lipinski definition) is 2. The first-order chi connectivity index (χ1) is 10.3. The normalized spacial score (nSPS) is 17.3. The molecule has 5 heteroatoms. The second-order valence-electron chi connectivity index (χ2n) is 6.72. The van der Waals surface area contributed by atoms with E-state index in [0.717, 1.165) is 24.4 Å². The summed E-state index contributed by atoms with van der Waals surface area (Å²) in [6.45, 7) is 7.61. The molecular formula is C17H26N2O3. The summed E-state index contributed by atoms with van der Waals surface area (Å²) in [7, 11) is 1.97. The van der Waals surface area contributed by atoms with Crippen molar-refractivity contribution in [2.45, 2.75) is 45.3 Å². The second kappa shape index (κ2) is 6.57. The number of carboxylic acid groups (broad SMARTS) is 1. The SMILES string of the molecule is CC(Cc1ccc2c(c1)NCC(C)(C)O2)N(C)CCC(=O)O. The number of ether oxygens (including phenoxy) is 1. The molecule has 0 bridgehead atoms. The van der Waals surface area contributed by atoms with E-state index in [1.807, 2.05) is 13.1 Å². The minimum absolute atomic E-state index is 0.176. The lowest BCUT2D eigenvalue weighted by atomic mass is 10.0. The zero-order valence-electron chi connectivity index (χ0n) is 13.8. The molecule has 0 aromatic heterocycles. The Labute approximate surface area is 132 Å². The maximum Gasteiger partial charge on any atom is 0.304 e. The van der Waals surface area contributed by atoms with Crippen molar-refractivity contribution >= 4 is 11.7 Å². The van der Waals surface area contributed by atoms with Gasteiger partial charge in [0.15, 0.2) is 0 Å². The quantitative estimate of drug-likeness (QED) is 0.846. The predicted octanol–water partition coefficient (Wildman–Crippen LogP) is 2.61. The van der Waals surface area contributed by atoms with E-state index in [4.69, 9.17) is 9.84 Å². The van der Waals surface area contributed by atoms with Crippen LogP contribution in [0, 0.1) is 0 Å². The number of benzene rings is 1. The highest BCUT2D eigenvalue weighted by Crippen LogP contribution is 2.33. The van der Waals surface area contributed by atoms with Crippen LogP contribution in [-0.2, 0) is 11.2 Å². The lowest BCUT2D eigenvalue weighted by molar-refractivity contribution is -0.137. The standard InChI is InChI=1S/C17H26N2O3/c1-12(19(4)8-7-16(20)21)9-13-5-6-15-14(10-13)18-11-17(2,3)22-15/h5-6,10,12,18H,7-9,11H2,1-4H3,(H,20,21). The molecule has 1 aliphatic heterocycles. The number of hydrogen-bond acceptors (Lipinski definition) is 4.